The Hall–Kier alpha value is -8.24. The lowest BCUT2D eigenvalue weighted by Crippen LogP contribution is -2.38. The SMILES string of the molecule is CC1(O)CCC(CS(=O)(=O)c2ccc(-c3ccc(F)cc3F)cc2)CC1.CC1(O)CCC(CS(=O)(=O)c2ccc(-c3ccc(F)cc3F)cc2)CC1.Cc1ccc(-c2ccc(S(=O)(=O)CC3CCC(O)CC3)cc2C)cc1.O=S(=O)(NC1CCC(O)CC1)c1ccc(-c2ccc(F)cc2F)cc1.O=S(=O)(NC1CCC(O)CC1)c1ccc(-c2ncc(Cl)cc2Cl)cc1. The summed E-state index contributed by atoms with van der Waals surface area (Å²) in [6.45, 7) is 7.58. The number of sulfonamides is 2. The highest BCUT2D eigenvalue weighted by Crippen LogP contribution is 2.39. The lowest BCUT2D eigenvalue weighted by Gasteiger charge is -2.32. The molecule has 5 fully saturated rings. The molecule has 0 bridgehead atoms. The van der Waals surface area contributed by atoms with E-state index in [1.54, 1.807) is 44.2 Å². The maximum absolute atomic E-state index is 13.9. The van der Waals surface area contributed by atoms with Crippen molar-refractivity contribution in [2.45, 2.75) is 222 Å². The normalized spacial score (nSPS) is 22.3. The van der Waals surface area contributed by atoms with Crippen LogP contribution in [0, 0.1) is 66.5 Å². The number of sulfone groups is 3. The molecule has 0 aliphatic heterocycles. The Bertz CT molecular complexity index is 5710. The van der Waals surface area contributed by atoms with Crippen LogP contribution in [-0.4, -0.2) is 131 Å². The highest BCUT2D eigenvalue weighted by Gasteiger charge is 2.35. The molecule has 0 atom stereocenters. The van der Waals surface area contributed by atoms with Crippen LogP contribution >= 0.6 is 23.2 Å². The Morgan fingerprint density at radius 2 is 0.646 bits per heavy atom. The highest BCUT2D eigenvalue weighted by molar-refractivity contribution is 7.92. The van der Waals surface area contributed by atoms with Crippen molar-refractivity contribution in [2.75, 3.05) is 17.3 Å². The number of aryl methyl sites for hydroxylation is 2. The molecule has 1 heterocycles. The number of rotatable bonds is 20. The third kappa shape index (κ3) is 28.4. The minimum atomic E-state index is -3.68. The molecule has 0 amide bonds. The predicted molar refractivity (Wildman–Crippen MR) is 483 cm³/mol. The summed E-state index contributed by atoms with van der Waals surface area (Å²) < 4.78 is 212. The van der Waals surface area contributed by atoms with E-state index >= 15 is 0 Å². The summed E-state index contributed by atoms with van der Waals surface area (Å²) in [4.78, 5) is 5.26. The molecule has 10 aromatic rings. The van der Waals surface area contributed by atoms with Gasteiger partial charge in [-0.05, 0) is 310 Å². The van der Waals surface area contributed by atoms with Gasteiger partial charge in [-0.1, -0.05) is 108 Å². The molecule has 0 saturated heterocycles. The van der Waals surface area contributed by atoms with Crippen LogP contribution in [0.2, 0.25) is 10.0 Å². The Labute approximate surface area is 751 Å². The topological polar surface area (TPSA) is 309 Å². The van der Waals surface area contributed by atoms with Gasteiger partial charge < -0.3 is 25.5 Å². The van der Waals surface area contributed by atoms with Crippen LogP contribution in [0.5, 0.6) is 0 Å². The van der Waals surface area contributed by atoms with E-state index in [0.717, 1.165) is 53.8 Å². The van der Waals surface area contributed by atoms with Crippen molar-refractivity contribution in [3.8, 4) is 55.8 Å². The zero-order valence-corrected chi connectivity index (χ0v) is 76.4. The lowest BCUT2D eigenvalue weighted by molar-refractivity contribution is 0.0104. The van der Waals surface area contributed by atoms with Gasteiger partial charge >= 0.3 is 0 Å². The first kappa shape index (κ1) is 99.3. The molecule has 682 valence electrons. The fourth-order valence-electron chi connectivity index (χ4n) is 16.4. The summed E-state index contributed by atoms with van der Waals surface area (Å²) >= 11 is 12.0. The maximum atomic E-state index is 13.9. The molecule has 0 radical (unpaired) electrons. The van der Waals surface area contributed by atoms with E-state index in [0.29, 0.717) is 158 Å². The summed E-state index contributed by atoms with van der Waals surface area (Å²) in [7, 11) is -17.5. The van der Waals surface area contributed by atoms with E-state index < -0.39 is 95.7 Å². The van der Waals surface area contributed by atoms with Crippen LogP contribution in [-0.2, 0) is 49.6 Å². The fourth-order valence-corrected chi connectivity index (χ4v) is 24.7. The van der Waals surface area contributed by atoms with Crippen molar-refractivity contribution in [1.29, 1.82) is 0 Å². The van der Waals surface area contributed by atoms with Gasteiger partial charge in [0.15, 0.2) is 29.5 Å². The number of nitrogens with one attached hydrogen (secondary N) is 2. The Morgan fingerprint density at radius 3 is 0.984 bits per heavy atom. The molecule has 31 heteroatoms. The summed E-state index contributed by atoms with van der Waals surface area (Å²) in [6.07, 6.45) is 13.6. The first-order valence-corrected chi connectivity index (χ1v) is 51.0. The lowest BCUT2D eigenvalue weighted by atomic mass is 9.81. The van der Waals surface area contributed by atoms with E-state index in [9.17, 15) is 94.0 Å². The molecule has 7 N–H and O–H groups in total. The van der Waals surface area contributed by atoms with Crippen molar-refractivity contribution >= 4 is 72.8 Å². The molecule has 127 heavy (non-hydrogen) atoms. The Balaban J connectivity index is 0.000000154. The number of aliphatic hydroxyl groups is 5. The monoisotopic (exact) mass is 1890 g/mol. The first-order chi connectivity index (χ1) is 59.9. The number of hydrogen-bond acceptors (Lipinski definition) is 16. The maximum Gasteiger partial charge on any atom is 0.240 e. The fraction of sp³-hybridized carbons (Fsp3) is 0.385. The van der Waals surface area contributed by atoms with Crippen molar-refractivity contribution in [1.82, 2.24) is 14.4 Å². The van der Waals surface area contributed by atoms with Crippen LogP contribution in [0.25, 0.3) is 55.8 Å². The van der Waals surface area contributed by atoms with E-state index in [1.807, 2.05) is 13.0 Å². The smallest absolute Gasteiger partial charge is 0.240 e. The van der Waals surface area contributed by atoms with Gasteiger partial charge in [0.05, 0.1) is 87.0 Å². The molecule has 5 aliphatic rings. The van der Waals surface area contributed by atoms with Crippen LogP contribution in [0.4, 0.5) is 26.3 Å². The van der Waals surface area contributed by atoms with Gasteiger partial charge in [0.25, 0.3) is 0 Å². The molecule has 1 aromatic heterocycles. The molecular formula is C96H107Cl2F6N3O15S5. The minimum absolute atomic E-state index is 0.0365. The highest BCUT2D eigenvalue weighted by atomic mass is 35.5. The molecule has 5 saturated carbocycles. The number of aromatic nitrogens is 1. The molecule has 0 unspecified atom stereocenters. The number of aliphatic hydroxyl groups excluding tert-OH is 3. The van der Waals surface area contributed by atoms with Gasteiger partial charge in [-0.15, -0.1) is 0 Å². The Morgan fingerprint density at radius 1 is 0.354 bits per heavy atom. The second-order valence-corrected chi connectivity index (χ2v) is 44.8. The zero-order chi connectivity index (χ0) is 92.0. The number of hydrogen-bond donors (Lipinski definition) is 7. The molecule has 15 rings (SSSR count). The largest absolute Gasteiger partial charge is 0.393 e. The van der Waals surface area contributed by atoms with Crippen LogP contribution in [0.1, 0.15) is 153 Å². The van der Waals surface area contributed by atoms with Gasteiger partial charge in [0.1, 0.15) is 34.9 Å². The number of halogens is 8. The summed E-state index contributed by atoms with van der Waals surface area (Å²) in [6, 6.07) is 49.0. The van der Waals surface area contributed by atoms with Crippen molar-refractivity contribution in [3.05, 3.63) is 262 Å². The average molecular weight is 1890 g/mol. The first-order valence-electron chi connectivity index (χ1n) is 42.4. The molecule has 5 aliphatic carbocycles. The van der Waals surface area contributed by atoms with Crippen LogP contribution < -0.4 is 9.44 Å². The predicted octanol–water partition coefficient (Wildman–Crippen LogP) is 19.8. The second kappa shape index (κ2) is 43.2. The number of nitrogens with zero attached hydrogens (tertiary/aromatic N) is 1. The van der Waals surface area contributed by atoms with Crippen LogP contribution in [0.3, 0.4) is 0 Å². The standard InChI is InChI=1S/C21H26O3S.2C20H22F2O3S.C18H19F2NO3S.C17H18Cl2N2O3S/c1-15-3-7-18(8-4-15)21-12-11-20(13-16(21)2)25(23,24)14-17-5-9-19(22)10-6-17;2*1-20(23)10-8-14(9-11-20)13-26(24,25)17-5-2-15(3-6-17)18-7-4-16(21)12-19(18)22;19-13-3-10-17(18(20)11-13)12-1-8-16(9-2-12)25(23,24)21-14-4-6-15(22)7-5-14;18-12-9-16(19)17(20-10-12)11-1-7-15(8-2-11)25(23,24)21-13-3-5-14(22)6-4-13/h3-4,7-8,11-13,17,19,22H,5-6,9-10,14H2,1-2H3;2*2-7,12,14,23H,8-11,13H2,1H3;1-3,8-11,14-15,21-22H,4-7H2;1-2,7-10,13-14,21-22H,3-6H2. The van der Waals surface area contributed by atoms with E-state index in [-0.39, 0.29) is 102 Å². The van der Waals surface area contributed by atoms with Gasteiger partial charge in [-0.25, -0.2) is 77.9 Å². The third-order valence-corrected chi connectivity index (χ3v) is 33.3. The number of pyridine rings is 1. The quantitative estimate of drug-likeness (QED) is 0.0349. The molecule has 9 aromatic carbocycles. The zero-order valence-electron chi connectivity index (χ0n) is 70.8. The summed E-state index contributed by atoms with van der Waals surface area (Å²) in [5, 5.41) is 49.4. The van der Waals surface area contributed by atoms with Crippen molar-refractivity contribution in [2.24, 2.45) is 17.8 Å². The van der Waals surface area contributed by atoms with E-state index in [4.69, 9.17) is 23.2 Å². The van der Waals surface area contributed by atoms with Crippen molar-refractivity contribution in [3.63, 3.8) is 0 Å². The average Bonchev–Trinajstić information content (AvgIpc) is 0.826. The number of benzene rings is 9. The van der Waals surface area contributed by atoms with Gasteiger partial charge in [-0.2, -0.15) is 0 Å². The van der Waals surface area contributed by atoms with Gasteiger partial charge in [-0.3, -0.25) is 4.98 Å². The molecule has 0 spiro atoms. The van der Waals surface area contributed by atoms with E-state index in [2.05, 4.69) is 45.6 Å². The third-order valence-electron chi connectivity index (χ3n) is 24.1. The van der Waals surface area contributed by atoms with Gasteiger partial charge in [0, 0.05) is 58.7 Å². The molecular weight excluding hydrogens is 1780 g/mol. The van der Waals surface area contributed by atoms with Gasteiger partial charge in [0.2, 0.25) is 20.0 Å². The van der Waals surface area contributed by atoms with E-state index in [1.165, 1.54) is 127 Å². The second-order valence-electron chi connectivity index (χ2n) is 34.4. The minimum Gasteiger partial charge on any atom is -0.393 e. The molecule has 18 nitrogen and oxygen atoms in total. The van der Waals surface area contributed by atoms with Crippen LogP contribution in [0.15, 0.2) is 231 Å². The Kier molecular flexibility index (Phi) is 33.8. The summed E-state index contributed by atoms with van der Waals surface area (Å²) in [5.74, 6) is -3.53. The van der Waals surface area contributed by atoms with Crippen molar-refractivity contribution < 1.29 is 94.0 Å². The summed E-state index contributed by atoms with van der Waals surface area (Å²) in [5.41, 5.74) is 6.35.